The Bertz CT molecular complexity index is 529. The SMILES string of the molecule is CN(O)C(c1ccccc1)c1cc(Br)ccc1O. The number of hydroxylamine groups is 2. The molecule has 2 N–H and O–H groups in total. The van der Waals surface area contributed by atoms with E-state index in [9.17, 15) is 10.3 Å². The molecule has 0 saturated heterocycles. The lowest BCUT2D eigenvalue weighted by Crippen LogP contribution is -2.21. The predicted molar refractivity (Wildman–Crippen MR) is 73.6 cm³/mol. The van der Waals surface area contributed by atoms with Crippen LogP contribution < -0.4 is 0 Å². The van der Waals surface area contributed by atoms with Gasteiger partial charge in [0.15, 0.2) is 0 Å². The Morgan fingerprint density at radius 2 is 1.78 bits per heavy atom. The fourth-order valence-electron chi connectivity index (χ4n) is 1.98. The molecule has 0 spiro atoms. The third-order valence-corrected chi connectivity index (χ3v) is 3.27. The first kappa shape index (κ1) is 13.1. The van der Waals surface area contributed by atoms with Gasteiger partial charge < -0.3 is 10.3 Å². The molecule has 1 unspecified atom stereocenters. The van der Waals surface area contributed by atoms with Crippen LogP contribution in [0.25, 0.3) is 0 Å². The molecule has 2 aromatic rings. The average Bonchev–Trinajstić information content (AvgIpc) is 2.35. The molecule has 0 aromatic heterocycles. The molecule has 0 heterocycles. The van der Waals surface area contributed by atoms with Gasteiger partial charge in [0, 0.05) is 17.1 Å². The molecule has 0 saturated carbocycles. The third kappa shape index (κ3) is 2.72. The maximum Gasteiger partial charge on any atom is 0.120 e. The number of halogens is 1. The van der Waals surface area contributed by atoms with Crippen LogP contribution in [0, 0.1) is 0 Å². The molecule has 0 bridgehead atoms. The first-order valence-electron chi connectivity index (χ1n) is 5.54. The van der Waals surface area contributed by atoms with Gasteiger partial charge in [-0.15, -0.1) is 0 Å². The summed E-state index contributed by atoms with van der Waals surface area (Å²) in [6.07, 6.45) is 0. The van der Waals surface area contributed by atoms with Crippen molar-refractivity contribution >= 4 is 15.9 Å². The van der Waals surface area contributed by atoms with Gasteiger partial charge in [-0.05, 0) is 23.8 Å². The quantitative estimate of drug-likeness (QED) is 0.852. The molecule has 2 aromatic carbocycles. The van der Waals surface area contributed by atoms with Crippen LogP contribution in [-0.4, -0.2) is 22.4 Å². The van der Waals surface area contributed by atoms with Gasteiger partial charge in [0.05, 0.1) is 6.04 Å². The number of hydrogen-bond donors (Lipinski definition) is 2. The van der Waals surface area contributed by atoms with E-state index in [0.717, 1.165) is 15.1 Å². The van der Waals surface area contributed by atoms with Crippen molar-refractivity contribution in [3.8, 4) is 5.75 Å². The Hall–Kier alpha value is -1.36. The first-order valence-corrected chi connectivity index (χ1v) is 6.34. The second-order valence-electron chi connectivity index (χ2n) is 4.09. The van der Waals surface area contributed by atoms with Gasteiger partial charge in [0.2, 0.25) is 0 Å². The molecule has 2 rings (SSSR count). The molecule has 0 amide bonds. The van der Waals surface area contributed by atoms with Crippen molar-refractivity contribution in [1.82, 2.24) is 5.06 Å². The lowest BCUT2D eigenvalue weighted by atomic mass is 9.98. The Balaban J connectivity index is 2.52. The highest BCUT2D eigenvalue weighted by Crippen LogP contribution is 2.34. The molecule has 0 aliphatic carbocycles. The van der Waals surface area contributed by atoms with Crippen molar-refractivity contribution < 1.29 is 10.3 Å². The highest BCUT2D eigenvalue weighted by molar-refractivity contribution is 9.10. The van der Waals surface area contributed by atoms with E-state index in [1.54, 1.807) is 25.2 Å². The summed E-state index contributed by atoms with van der Waals surface area (Å²) in [5.74, 6) is 0.160. The number of nitrogens with zero attached hydrogens (tertiary/aromatic N) is 1. The average molecular weight is 308 g/mol. The van der Waals surface area contributed by atoms with E-state index in [1.165, 1.54) is 0 Å². The molecule has 3 nitrogen and oxygen atoms in total. The topological polar surface area (TPSA) is 43.7 Å². The zero-order valence-corrected chi connectivity index (χ0v) is 11.5. The van der Waals surface area contributed by atoms with Crippen molar-refractivity contribution in [3.63, 3.8) is 0 Å². The van der Waals surface area contributed by atoms with Gasteiger partial charge in [-0.2, -0.15) is 5.06 Å². The van der Waals surface area contributed by atoms with E-state index in [4.69, 9.17) is 0 Å². The van der Waals surface area contributed by atoms with E-state index in [1.807, 2.05) is 30.3 Å². The van der Waals surface area contributed by atoms with E-state index < -0.39 is 6.04 Å². The number of benzene rings is 2. The fourth-order valence-corrected chi connectivity index (χ4v) is 2.36. The number of phenols is 1. The molecule has 0 aliphatic heterocycles. The molecule has 1 atom stereocenters. The summed E-state index contributed by atoms with van der Waals surface area (Å²) in [6, 6.07) is 14.3. The van der Waals surface area contributed by atoms with Crippen LogP contribution in [0.5, 0.6) is 5.75 Å². The van der Waals surface area contributed by atoms with Crippen LogP contribution in [-0.2, 0) is 0 Å². The van der Waals surface area contributed by atoms with Gasteiger partial charge in [-0.1, -0.05) is 46.3 Å². The third-order valence-electron chi connectivity index (χ3n) is 2.77. The van der Waals surface area contributed by atoms with Crippen LogP contribution in [0.1, 0.15) is 17.2 Å². The van der Waals surface area contributed by atoms with Crippen molar-refractivity contribution in [2.75, 3.05) is 7.05 Å². The van der Waals surface area contributed by atoms with E-state index in [2.05, 4.69) is 15.9 Å². The first-order chi connectivity index (χ1) is 8.59. The molecule has 0 fully saturated rings. The zero-order chi connectivity index (χ0) is 13.1. The van der Waals surface area contributed by atoms with Crippen LogP contribution in [0.2, 0.25) is 0 Å². The normalized spacial score (nSPS) is 12.7. The van der Waals surface area contributed by atoms with E-state index in [0.29, 0.717) is 5.56 Å². The second kappa shape index (κ2) is 5.52. The Morgan fingerprint density at radius 3 is 2.39 bits per heavy atom. The van der Waals surface area contributed by atoms with E-state index in [-0.39, 0.29) is 5.75 Å². The van der Waals surface area contributed by atoms with Crippen LogP contribution in [0.3, 0.4) is 0 Å². The van der Waals surface area contributed by atoms with Crippen molar-refractivity contribution in [1.29, 1.82) is 0 Å². The molecular formula is C14H14BrNO2. The standard InChI is InChI=1S/C14H14BrNO2/c1-16(18)14(10-5-3-2-4-6-10)12-9-11(15)7-8-13(12)17/h2-9,14,17-18H,1H3. The van der Waals surface area contributed by atoms with Crippen LogP contribution >= 0.6 is 15.9 Å². The fraction of sp³-hybridized carbons (Fsp3) is 0.143. The molecule has 0 aliphatic rings. The Kier molecular flexibility index (Phi) is 4.01. The summed E-state index contributed by atoms with van der Waals surface area (Å²) in [5.41, 5.74) is 1.57. The number of phenolic OH excluding ortho intramolecular Hbond substituents is 1. The maximum absolute atomic E-state index is 9.96. The Labute approximate surface area is 114 Å². The number of hydrogen-bond acceptors (Lipinski definition) is 3. The summed E-state index contributed by atoms with van der Waals surface area (Å²) < 4.78 is 0.859. The van der Waals surface area contributed by atoms with Crippen LogP contribution in [0.4, 0.5) is 0 Å². The molecule has 0 radical (unpaired) electrons. The minimum absolute atomic E-state index is 0.160. The van der Waals surface area contributed by atoms with Gasteiger partial charge in [-0.3, -0.25) is 0 Å². The lowest BCUT2D eigenvalue weighted by molar-refractivity contribution is -0.0920. The minimum atomic E-state index is -0.399. The molecule has 94 valence electrons. The number of aromatic hydroxyl groups is 1. The van der Waals surface area contributed by atoms with Crippen molar-refractivity contribution in [2.45, 2.75) is 6.04 Å². The lowest BCUT2D eigenvalue weighted by Gasteiger charge is -2.24. The Morgan fingerprint density at radius 1 is 1.11 bits per heavy atom. The highest BCUT2D eigenvalue weighted by atomic mass is 79.9. The van der Waals surface area contributed by atoms with Gasteiger partial charge in [0.25, 0.3) is 0 Å². The van der Waals surface area contributed by atoms with Crippen LogP contribution in [0.15, 0.2) is 53.0 Å². The molecule has 4 heteroatoms. The largest absolute Gasteiger partial charge is 0.508 e. The molecular weight excluding hydrogens is 294 g/mol. The summed E-state index contributed by atoms with van der Waals surface area (Å²) in [7, 11) is 1.57. The van der Waals surface area contributed by atoms with Crippen molar-refractivity contribution in [3.05, 3.63) is 64.1 Å². The van der Waals surface area contributed by atoms with E-state index >= 15 is 0 Å². The summed E-state index contributed by atoms with van der Waals surface area (Å²) in [4.78, 5) is 0. The second-order valence-corrected chi connectivity index (χ2v) is 5.01. The molecule has 18 heavy (non-hydrogen) atoms. The highest BCUT2D eigenvalue weighted by Gasteiger charge is 2.21. The summed E-state index contributed by atoms with van der Waals surface area (Å²) >= 11 is 3.38. The summed E-state index contributed by atoms with van der Waals surface area (Å²) in [6.45, 7) is 0. The maximum atomic E-state index is 9.96. The van der Waals surface area contributed by atoms with Crippen molar-refractivity contribution in [2.24, 2.45) is 0 Å². The van der Waals surface area contributed by atoms with Gasteiger partial charge >= 0.3 is 0 Å². The monoisotopic (exact) mass is 307 g/mol. The van der Waals surface area contributed by atoms with Gasteiger partial charge in [0.1, 0.15) is 5.75 Å². The minimum Gasteiger partial charge on any atom is -0.508 e. The predicted octanol–water partition coefficient (Wildman–Crippen LogP) is 3.57. The van der Waals surface area contributed by atoms with Gasteiger partial charge in [-0.25, -0.2) is 0 Å². The number of rotatable bonds is 3. The summed E-state index contributed by atoms with van der Waals surface area (Å²) in [5, 5.41) is 20.9. The smallest absolute Gasteiger partial charge is 0.120 e. The zero-order valence-electron chi connectivity index (χ0n) is 9.92.